The van der Waals surface area contributed by atoms with Crippen LogP contribution in [0.2, 0.25) is 0 Å². The highest BCUT2D eigenvalue weighted by atomic mass is 32.1. The molecule has 32 heavy (non-hydrogen) atoms. The van der Waals surface area contributed by atoms with Crippen LogP contribution in [0.15, 0.2) is 48.5 Å². The van der Waals surface area contributed by atoms with Crippen LogP contribution in [-0.4, -0.2) is 27.8 Å². The third-order valence-electron chi connectivity index (χ3n) is 5.46. The first-order valence-electron chi connectivity index (χ1n) is 10.4. The van der Waals surface area contributed by atoms with Crippen LogP contribution in [0, 0.1) is 27.7 Å². The van der Waals surface area contributed by atoms with Crippen LogP contribution in [0.5, 0.6) is 5.75 Å². The van der Waals surface area contributed by atoms with Gasteiger partial charge >= 0.3 is 0 Å². The van der Waals surface area contributed by atoms with Gasteiger partial charge in [0.15, 0.2) is 0 Å². The van der Waals surface area contributed by atoms with Gasteiger partial charge in [0.1, 0.15) is 10.6 Å². The Hall–Kier alpha value is -3.45. The van der Waals surface area contributed by atoms with E-state index in [0.29, 0.717) is 15.7 Å². The molecule has 0 aliphatic heterocycles. The summed E-state index contributed by atoms with van der Waals surface area (Å²) in [4.78, 5) is 18.1. The van der Waals surface area contributed by atoms with Gasteiger partial charge in [0.05, 0.1) is 18.5 Å². The zero-order valence-electron chi connectivity index (χ0n) is 18.9. The average Bonchev–Trinajstić information content (AvgIpc) is 3.30. The Morgan fingerprint density at radius 2 is 1.69 bits per heavy atom. The predicted octanol–water partition coefficient (Wildman–Crippen LogP) is 5.41. The number of hydrogen-bond acceptors (Lipinski definition) is 5. The van der Waals surface area contributed by atoms with Gasteiger partial charge in [0, 0.05) is 23.4 Å². The summed E-state index contributed by atoms with van der Waals surface area (Å²) in [5, 5.41) is 8.37. The van der Waals surface area contributed by atoms with Crippen molar-refractivity contribution < 1.29 is 9.53 Å². The molecule has 1 amide bonds. The summed E-state index contributed by atoms with van der Waals surface area (Å²) in [6.45, 7) is 7.92. The second-order valence-corrected chi connectivity index (χ2v) is 8.79. The monoisotopic (exact) mass is 446 g/mol. The summed E-state index contributed by atoms with van der Waals surface area (Å²) in [5.41, 5.74) is 6.93. The highest BCUT2D eigenvalue weighted by molar-refractivity contribution is 7.16. The first-order chi connectivity index (χ1) is 15.4. The van der Waals surface area contributed by atoms with Crippen LogP contribution in [-0.2, 0) is 6.42 Å². The van der Waals surface area contributed by atoms with E-state index in [2.05, 4.69) is 22.4 Å². The second-order valence-electron chi connectivity index (χ2n) is 7.82. The summed E-state index contributed by atoms with van der Waals surface area (Å²) < 4.78 is 7.09. The Balaban J connectivity index is 1.58. The number of nitrogens with zero attached hydrogens (tertiary/aromatic N) is 3. The van der Waals surface area contributed by atoms with Gasteiger partial charge in [-0.15, -0.1) is 0 Å². The molecule has 0 saturated carbocycles. The molecule has 0 spiro atoms. The number of anilines is 1. The van der Waals surface area contributed by atoms with Crippen LogP contribution < -0.4 is 10.1 Å². The summed E-state index contributed by atoms with van der Waals surface area (Å²) in [6.07, 6.45) is 0.771. The molecule has 164 valence electrons. The van der Waals surface area contributed by atoms with Gasteiger partial charge < -0.3 is 10.1 Å². The van der Waals surface area contributed by atoms with Gasteiger partial charge in [-0.05, 0) is 57.5 Å². The molecule has 4 rings (SSSR count). The summed E-state index contributed by atoms with van der Waals surface area (Å²) in [7, 11) is 1.67. The third kappa shape index (κ3) is 4.43. The maximum absolute atomic E-state index is 12.8. The topological polar surface area (TPSA) is 69.0 Å². The van der Waals surface area contributed by atoms with Gasteiger partial charge in [-0.3, -0.25) is 4.79 Å². The van der Waals surface area contributed by atoms with E-state index in [-0.39, 0.29) is 5.91 Å². The van der Waals surface area contributed by atoms with Crippen molar-refractivity contribution >= 4 is 22.9 Å². The molecule has 0 radical (unpaired) electrons. The number of rotatable bonds is 6. The molecule has 2 heterocycles. The molecule has 0 unspecified atom stereocenters. The van der Waals surface area contributed by atoms with Crippen LogP contribution in [0.1, 0.15) is 43.4 Å². The molecular weight excluding hydrogens is 420 g/mol. The number of thiazole rings is 1. The molecule has 4 aromatic rings. The quantitative estimate of drug-likeness (QED) is 0.430. The minimum absolute atomic E-state index is 0.157. The smallest absolute Gasteiger partial charge is 0.267 e. The first-order valence-corrected chi connectivity index (χ1v) is 11.2. The van der Waals surface area contributed by atoms with Gasteiger partial charge in [-0.25, -0.2) is 9.67 Å². The van der Waals surface area contributed by atoms with Crippen molar-refractivity contribution in [3.63, 3.8) is 0 Å². The molecule has 0 atom stereocenters. The Morgan fingerprint density at radius 3 is 2.34 bits per heavy atom. The minimum Gasteiger partial charge on any atom is -0.497 e. The Kier molecular flexibility index (Phi) is 6.10. The van der Waals surface area contributed by atoms with Crippen molar-refractivity contribution in [3.05, 3.63) is 87.2 Å². The molecule has 2 aromatic heterocycles. The molecule has 1 N–H and O–H groups in total. The van der Waals surface area contributed by atoms with Gasteiger partial charge in [0.25, 0.3) is 5.91 Å². The van der Waals surface area contributed by atoms with E-state index in [1.165, 1.54) is 16.9 Å². The van der Waals surface area contributed by atoms with E-state index >= 15 is 0 Å². The first kappa shape index (κ1) is 21.8. The molecular formula is C25H26N4O2S. The number of hydrogen-bond donors (Lipinski definition) is 1. The fourth-order valence-electron chi connectivity index (χ4n) is 3.57. The van der Waals surface area contributed by atoms with Crippen molar-refractivity contribution in [2.75, 3.05) is 12.4 Å². The predicted molar refractivity (Wildman–Crippen MR) is 128 cm³/mol. The maximum atomic E-state index is 12.8. The number of ether oxygens (including phenoxy) is 1. The lowest BCUT2D eigenvalue weighted by Gasteiger charge is -2.05. The van der Waals surface area contributed by atoms with Gasteiger partial charge in [0.2, 0.25) is 5.13 Å². The summed E-state index contributed by atoms with van der Waals surface area (Å²) >= 11 is 1.35. The number of nitrogens with one attached hydrogen (secondary N) is 1. The fourth-order valence-corrected chi connectivity index (χ4v) is 4.54. The van der Waals surface area contributed by atoms with Gasteiger partial charge in [-0.1, -0.05) is 41.2 Å². The number of carbonyl (C=O) groups excluding carboxylic acids is 1. The number of aryl methyl sites for hydroxylation is 3. The van der Waals surface area contributed by atoms with E-state index < -0.39 is 0 Å². The Morgan fingerprint density at radius 1 is 1.00 bits per heavy atom. The Labute approximate surface area is 191 Å². The second kappa shape index (κ2) is 8.96. The lowest BCUT2D eigenvalue weighted by atomic mass is 10.0. The van der Waals surface area contributed by atoms with Gasteiger partial charge in [-0.2, -0.15) is 5.10 Å². The minimum atomic E-state index is -0.157. The molecule has 0 saturated heterocycles. The standard InChI is InChI=1S/C25H26N4O2S/c1-15-6-10-20(11-7-15)27-24(30)23-17(3)26-25(32-23)29-18(4)22(16(2)28-29)14-19-8-12-21(31-5)13-9-19/h6-13H,14H2,1-5H3,(H,27,30). The van der Waals surface area contributed by atoms with Crippen LogP contribution >= 0.6 is 11.3 Å². The summed E-state index contributed by atoms with van der Waals surface area (Å²) in [5.74, 6) is 0.683. The zero-order valence-corrected chi connectivity index (χ0v) is 19.7. The van der Waals surface area contributed by atoms with Crippen LogP contribution in [0.3, 0.4) is 0 Å². The number of amides is 1. The number of benzene rings is 2. The number of aromatic nitrogens is 3. The molecule has 2 aromatic carbocycles. The van der Waals surface area contributed by atoms with Crippen molar-refractivity contribution in [3.8, 4) is 10.9 Å². The van der Waals surface area contributed by atoms with Crippen molar-refractivity contribution in [2.24, 2.45) is 0 Å². The lowest BCUT2D eigenvalue weighted by molar-refractivity contribution is 0.103. The van der Waals surface area contributed by atoms with E-state index in [0.717, 1.165) is 40.4 Å². The third-order valence-corrected chi connectivity index (χ3v) is 6.60. The van der Waals surface area contributed by atoms with E-state index in [1.807, 2.05) is 68.8 Å². The van der Waals surface area contributed by atoms with E-state index in [1.54, 1.807) is 7.11 Å². The molecule has 0 aliphatic carbocycles. The summed E-state index contributed by atoms with van der Waals surface area (Å²) in [6, 6.07) is 15.8. The molecule has 0 aliphatic rings. The van der Waals surface area contributed by atoms with Crippen molar-refractivity contribution in [1.29, 1.82) is 0 Å². The maximum Gasteiger partial charge on any atom is 0.267 e. The zero-order chi connectivity index (χ0) is 22.8. The number of methoxy groups -OCH3 is 1. The largest absolute Gasteiger partial charge is 0.497 e. The molecule has 0 bridgehead atoms. The average molecular weight is 447 g/mol. The SMILES string of the molecule is COc1ccc(Cc2c(C)nn(-c3nc(C)c(C(=O)Nc4ccc(C)cc4)s3)c2C)cc1. The molecule has 7 heteroatoms. The van der Waals surface area contributed by atoms with Crippen molar-refractivity contribution in [2.45, 2.75) is 34.1 Å². The fraction of sp³-hybridized carbons (Fsp3) is 0.240. The van der Waals surface area contributed by atoms with Crippen LogP contribution in [0.25, 0.3) is 5.13 Å². The normalized spacial score (nSPS) is 10.9. The van der Waals surface area contributed by atoms with Crippen molar-refractivity contribution in [1.82, 2.24) is 14.8 Å². The van der Waals surface area contributed by atoms with E-state index in [9.17, 15) is 4.79 Å². The van der Waals surface area contributed by atoms with E-state index in [4.69, 9.17) is 9.84 Å². The van der Waals surface area contributed by atoms with Crippen LogP contribution in [0.4, 0.5) is 5.69 Å². The number of carbonyl (C=O) groups is 1. The Bertz CT molecular complexity index is 1250. The highest BCUT2D eigenvalue weighted by Crippen LogP contribution is 2.27. The molecule has 0 fully saturated rings. The molecule has 6 nitrogen and oxygen atoms in total. The lowest BCUT2D eigenvalue weighted by Crippen LogP contribution is -2.11. The highest BCUT2D eigenvalue weighted by Gasteiger charge is 2.20.